The van der Waals surface area contributed by atoms with E-state index in [0.717, 1.165) is 11.6 Å². The highest BCUT2D eigenvalue weighted by Crippen LogP contribution is 2.23. The number of aromatic nitrogens is 3. The van der Waals surface area contributed by atoms with Crippen LogP contribution in [0.2, 0.25) is 25.7 Å². The van der Waals surface area contributed by atoms with Gasteiger partial charge in [-0.2, -0.15) is 13.2 Å². The molecule has 0 spiro atoms. The van der Waals surface area contributed by atoms with Crippen molar-refractivity contribution in [2.45, 2.75) is 51.4 Å². The molecule has 0 radical (unpaired) electrons. The van der Waals surface area contributed by atoms with Crippen molar-refractivity contribution in [2.75, 3.05) is 13.7 Å². The molecule has 0 atom stereocenters. The minimum absolute atomic E-state index is 0.0356. The Hall–Kier alpha value is -1.87. The number of nitrogens with zero attached hydrogens (tertiary/aromatic N) is 3. The first-order valence-corrected chi connectivity index (χ1v) is 12.4. The number of halogens is 3. The molecule has 27 heavy (non-hydrogen) atoms. The Morgan fingerprint density at radius 2 is 1.93 bits per heavy atom. The molecule has 0 saturated heterocycles. The minimum Gasteiger partial charge on any atom is -0.481 e. The third-order valence-electron chi connectivity index (χ3n) is 3.99. The van der Waals surface area contributed by atoms with Gasteiger partial charge in [-0.3, -0.25) is 0 Å². The molecular formula is C18H26F3N3O2Si. The van der Waals surface area contributed by atoms with E-state index in [1.807, 2.05) is 0 Å². The van der Waals surface area contributed by atoms with Crippen LogP contribution in [0.5, 0.6) is 5.88 Å². The second kappa shape index (κ2) is 8.88. The van der Waals surface area contributed by atoms with Crippen molar-refractivity contribution in [2.24, 2.45) is 0 Å². The SMILES string of the molecule is COc1cc(Cc2cnc(CC(F)(F)F)n2COCC[Si](C)(C)C)ccn1. The van der Waals surface area contributed by atoms with Crippen molar-refractivity contribution in [3.63, 3.8) is 0 Å². The lowest BCUT2D eigenvalue weighted by Crippen LogP contribution is -2.23. The van der Waals surface area contributed by atoms with E-state index in [9.17, 15) is 13.2 Å². The Labute approximate surface area is 158 Å². The maximum Gasteiger partial charge on any atom is 0.396 e. The van der Waals surface area contributed by atoms with Gasteiger partial charge in [0.25, 0.3) is 0 Å². The molecule has 0 unspecified atom stereocenters. The Morgan fingerprint density at radius 1 is 1.19 bits per heavy atom. The number of pyridine rings is 1. The Balaban J connectivity index is 2.17. The second-order valence-electron chi connectivity index (χ2n) is 7.62. The molecule has 0 amide bonds. The van der Waals surface area contributed by atoms with E-state index in [1.165, 1.54) is 17.9 Å². The molecule has 0 aliphatic carbocycles. The lowest BCUT2D eigenvalue weighted by molar-refractivity contribution is -0.129. The molecule has 2 heterocycles. The number of imidazole rings is 1. The largest absolute Gasteiger partial charge is 0.481 e. The number of methoxy groups -OCH3 is 1. The van der Waals surface area contributed by atoms with Gasteiger partial charge in [-0.15, -0.1) is 0 Å². The second-order valence-corrected chi connectivity index (χ2v) is 13.2. The van der Waals surface area contributed by atoms with E-state index in [1.54, 1.807) is 18.3 Å². The Bertz CT molecular complexity index is 742. The molecule has 9 heteroatoms. The quantitative estimate of drug-likeness (QED) is 0.464. The van der Waals surface area contributed by atoms with Crippen LogP contribution < -0.4 is 4.74 Å². The van der Waals surface area contributed by atoms with Crippen LogP contribution in [0.3, 0.4) is 0 Å². The number of hydrogen-bond donors (Lipinski definition) is 0. The number of rotatable bonds is 9. The van der Waals surface area contributed by atoms with Crippen molar-refractivity contribution in [1.82, 2.24) is 14.5 Å². The fraction of sp³-hybridized carbons (Fsp3) is 0.556. The molecule has 0 saturated carbocycles. The lowest BCUT2D eigenvalue weighted by Gasteiger charge is -2.17. The van der Waals surface area contributed by atoms with E-state index >= 15 is 0 Å². The van der Waals surface area contributed by atoms with Gasteiger partial charge in [-0.05, 0) is 17.7 Å². The molecule has 0 aliphatic heterocycles. The van der Waals surface area contributed by atoms with Gasteiger partial charge in [0.2, 0.25) is 5.88 Å². The summed E-state index contributed by atoms with van der Waals surface area (Å²) in [6, 6.07) is 4.51. The molecule has 0 aliphatic rings. The molecule has 0 bridgehead atoms. The summed E-state index contributed by atoms with van der Waals surface area (Å²) in [7, 11) is 0.251. The zero-order valence-electron chi connectivity index (χ0n) is 16.1. The van der Waals surface area contributed by atoms with Crippen molar-refractivity contribution in [1.29, 1.82) is 0 Å². The summed E-state index contributed by atoms with van der Waals surface area (Å²) in [5.74, 6) is 0.423. The van der Waals surface area contributed by atoms with Crippen LogP contribution in [0, 0.1) is 0 Å². The van der Waals surface area contributed by atoms with Gasteiger partial charge in [-0.1, -0.05) is 19.6 Å². The van der Waals surface area contributed by atoms with Gasteiger partial charge in [-0.25, -0.2) is 9.97 Å². The maximum absolute atomic E-state index is 12.9. The van der Waals surface area contributed by atoms with Gasteiger partial charge in [0.05, 0.1) is 7.11 Å². The summed E-state index contributed by atoms with van der Waals surface area (Å²) in [5.41, 5.74) is 1.54. The fourth-order valence-corrected chi connectivity index (χ4v) is 3.25. The average Bonchev–Trinajstić information content (AvgIpc) is 2.90. The summed E-state index contributed by atoms with van der Waals surface area (Å²) >= 11 is 0. The predicted octanol–water partition coefficient (Wildman–Crippen LogP) is 4.29. The third-order valence-corrected chi connectivity index (χ3v) is 5.69. The van der Waals surface area contributed by atoms with Crippen LogP contribution in [0.1, 0.15) is 17.1 Å². The molecular weight excluding hydrogens is 375 g/mol. The summed E-state index contributed by atoms with van der Waals surface area (Å²) in [5, 5.41) is 0. The number of alkyl halides is 3. The van der Waals surface area contributed by atoms with E-state index in [0.29, 0.717) is 24.6 Å². The summed E-state index contributed by atoms with van der Waals surface area (Å²) in [6.45, 7) is 7.27. The van der Waals surface area contributed by atoms with E-state index in [2.05, 4.69) is 29.6 Å². The fourth-order valence-electron chi connectivity index (χ4n) is 2.49. The highest BCUT2D eigenvalue weighted by atomic mass is 28.3. The molecule has 0 fully saturated rings. The van der Waals surface area contributed by atoms with Gasteiger partial charge in [0.15, 0.2) is 0 Å². The number of hydrogen-bond acceptors (Lipinski definition) is 4. The van der Waals surface area contributed by atoms with E-state index < -0.39 is 20.7 Å². The monoisotopic (exact) mass is 401 g/mol. The lowest BCUT2D eigenvalue weighted by atomic mass is 10.1. The first-order valence-electron chi connectivity index (χ1n) is 8.74. The van der Waals surface area contributed by atoms with Crippen LogP contribution in [0.4, 0.5) is 13.2 Å². The smallest absolute Gasteiger partial charge is 0.396 e. The van der Waals surface area contributed by atoms with Crippen LogP contribution in [-0.2, 0) is 24.3 Å². The summed E-state index contributed by atoms with van der Waals surface area (Å²) < 4.78 is 51.0. The highest BCUT2D eigenvalue weighted by Gasteiger charge is 2.31. The van der Waals surface area contributed by atoms with Gasteiger partial charge in [0.1, 0.15) is 19.0 Å². The van der Waals surface area contributed by atoms with Crippen LogP contribution in [0.25, 0.3) is 0 Å². The normalized spacial score (nSPS) is 12.4. The van der Waals surface area contributed by atoms with Crippen molar-refractivity contribution < 1.29 is 22.6 Å². The van der Waals surface area contributed by atoms with E-state index in [4.69, 9.17) is 9.47 Å². The molecule has 5 nitrogen and oxygen atoms in total. The maximum atomic E-state index is 12.9. The molecule has 2 aromatic rings. The van der Waals surface area contributed by atoms with Crippen LogP contribution in [0.15, 0.2) is 24.5 Å². The van der Waals surface area contributed by atoms with Gasteiger partial charge < -0.3 is 14.0 Å². The highest BCUT2D eigenvalue weighted by molar-refractivity contribution is 6.76. The first-order chi connectivity index (χ1) is 12.6. The molecule has 2 rings (SSSR count). The van der Waals surface area contributed by atoms with Crippen molar-refractivity contribution in [3.8, 4) is 5.88 Å². The Kier molecular flexibility index (Phi) is 7.04. The molecule has 0 aromatic carbocycles. The van der Waals surface area contributed by atoms with Crippen molar-refractivity contribution in [3.05, 3.63) is 41.6 Å². The van der Waals surface area contributed by atoms with Crippen LogP contribution >= 0.6 is 0 Å². The predicted molar refractivity (Wildman–Crippen MR) is 99.7 cm³/mol. The van der Waals surface area contributed by atoms with Gasteiger partial charge >= 0.3 is 6.18 Å². The average molecular weight is 402 g/mol. The first kappa shape index (κ1) is 21.4. The summed E-state index contributed by atoms with van der Waals surface area (Å²) in [4.78, 5) is 8.04. The minimum atomic E-state index is -4.32. The molecule has 2 aromatic heterocycles. The third kappa shape index (κ3) is 7.34. The topological polar surface area (TPSA) is 49.2 Å². The standard InChI is InChI=1S/C18H26F3N3O2Si/c1-25-17-10-14(5-6-22-17)9-15-12-23-16(11-18(19,20)21)24(15)13-26-7-8-27(2,3)4/h5-6,10,12H,7-9,11,13H2,1-4H3. The summed E-state index contributed by atoms with van der Waals surface area (Å²) in [6.07, 6.45) is -1.89. The Morgan fingerprint density at radius 3 is 2.56 bits per heavy atom. The number of ether oxygens (including phenoxy) is 2. The van der Waals surface area contributed by atoms with Crippen LogP contribution in [-0.4, -0.2) is 42.5 Å². The molecule has 0 N–H and O–H groups in total. The van der Waals surface area contributed by atoms with Crippen molar-refractivity contribution >= 4 is 8.07 Å². The van der Waals surface area contributed by atoms with E-state index in [-0.39, 0.29) is 12.6 Å². The zero-order valence-corrected chi connectivity index (χ0v) is 17.1. The van der Waals surface area contributed by atoms with Gasteiger partial charge in [0, 0.05) is 45.3 Å². The zero-order chi connectivity index (χ0) is 20.1. The molecule has 150 valence electrons.